The summed E-state index contributed by atoms with van der Waals surface area (Å²) in [5.74, 6) is 0.820. The van der Waals surface area contributed by atoms with E-state index in [0.717, 1.165) is 18.5 Å². The van der Waals surface area contributed by atoms with E-state index in [2.05, 4.69) is 13.8 Å². The highest BCUT2D eigenvalue weighted by Gasteiger charge is 2.29. The molecule has 1 amide bonds. The molecule has 1 aromatic carbocycles. The van der Waals surface area contributed by atoms with Crippen molar-refractivity contribution in [3.05, 3.63) is 29.8 Å². The Labute approximate surface area is 120 Å². The molecule has 0 aliphatic carbocycles. The molecule has 0 saturated carbocycles. The summed E-state index contributed by atoms with van der Waals surface area (Å²) in [5.41, 5.74) is 7.05. The number of carbonyl (C=O) groups excluding carboxylic acids is 1. The Bertz CT molecular complexity index is 458. The van der Waals surface area contributed by atoms with Crippen LogP contribution in [0.5, 0.6) is 5.75 Å². The highest BCUT2D eigenvalue weighted by Crippen LogP contribution is 2.22. The first-order valence-corrected chi connectivity index (χ1v) is 7.31. The smallest absolute Gasteiger partial charge is 0.240 e. The Hall–Kier alpha value is -1.55. The molecule has 4 heteroatoms. The monoisotopic (exact) mass is 276 g/mol. The third kappa shape index (κ3) is 3.51. The number of rotatable bonds is 3. The lowest BCUT2D eigenvalue weighted by Crippen LogP contribution is -2.52. The van der Waals surface area contributed by atoms with Gasteiger partial charge in [0.2, 0.25) is 5.91 Å². The number of hydrogen-bond acceptors (Lipinski definition) is 3. The number of phenolic OH excluding ortho intramolecular Hbond substituents is 1. The third-order valence-corrected chi connectivity index (χ3v) is 4.11. The van der Waals surface area contributed by atoms with Crippen molar-refractivity contribution < 1.29 is 9.90 Å². The molecule has 1 aromatic rings. The number of carbonyl (C=O) groups is 1. The van der Waals surface area contributed by atoms with Crippen molar-refractivity contribution in [1.29, 1.82) is 0 Å². The van der Waals surface area contributed by atoms with Crippen molar-refractivity contribution in [1.82, 2.24) is 4.90 Å². The summed E-state index contributed by atoms with van der Waals surface area (Å²) in [6.45, 7) is 5.08. The second-order valence-electron chi connectivity index (χ2n) is 6.00. The number of benzene rings is 1. The maximum atomic E-state index is 12.5. The molecule has 0 radical (unpaired) electrons. The fraction of sp³-hybridized carbons (Fsp3) is 0.562. The van der Waals surface area contributed by atoms with Gasteiger partial charge >= 0.3 is 0 Å². The van der Waals surface area contributed by atoms with Crippen LogP contribution in [0.15, 0.2) is 24.3 Å². The molecule has 1 aliphatic heterocycles. The molecule has 3 atom stereocenters. The van der Waals surface area contributed by atoms with Gasteiger partial charge in [-0.2, -0.15) is 0 Å². The summed E-state index contributed by atoms with van der Waals surface area (Å²) in [5, 5.41) is 9.26. The lowest BCUT2D eigenvalue weighted by molar-refractivity contribution is -0.136. The Morgan fingerprint density at radius 1 is 1.35 bits per heavy atom. The van der Waals surface area contributed by atoms with Crippen molar-refractivity contribution in [3.8, 4) is 5.75 Å². The highest BCUT2D eigenvalue weighted by molar-refractivity contribution is 5.82. The molecule has 0 bridgehead atoms. The Kier molecular flexibility index (Phi) is 4.65. The molecule has 20 heavy (non-hydrogen) atoms. The van der Waals surface area contributed by atoms with Gasteiger partial charge in [-0.3, -0.25) is 4.79 Å². The van der Waals surface area contributed by atoms with Gasteiger partial charge in [-0.05, 0) is 49.8 Å². The fourth-order valence-electron chi connectivity index (χ4n) is 2.78. The SMILES string of the molecule is CC1CCC(C)N(C(=O)[C@H](N)Cc2ccc(O)cc2)C1. The van der Waals surface area contributed by atoms with E-state index < -0.39 is 6.04 Å². The van der Waals surface area contributed by atoms with Crippen LogP contribution in [0.1, 0.15) is 32.3 Å². The number of hydrogen-bond donors (Lipinski definition) is 2. The minimum absolute atomic E-state index is 0.0390. The molecule has 1 aliphatic rings. The zero-order valence-corrected chi connectivity index (χ0v) is 12.2. The van der Waals surface area contributed by atoms with Crippen molar-refractivity contribution in [2.24, 2.45) is 11.7 Å². The topological polar surface area (TPSA) is 66.6 Å². The van der Waals surface area contributed by atoms with Gasteiger partial charge in [0.25, 0.3) is 0 Å². The lowest BCUT2D eigenvalue weighted by Gasteiger charge is -2.38. The van der Waals surface area contributed by atoms with E-state index in [1.165, 1.54) is 6.42 Å². The van der Waals surface area contributed by atoms with E-state index in [9.17, 15) is 9.90 Å². The molecule has 2 unspecified atom stereocenters. The first-order chi connectivity index (χ1) is 9.47. The van der Waals surface area contributed by atoms with Crippen molar-refractivity contribution >= 4 is 5.91 Å². The van der Waals surface area contributed by atoms with Crippen LogP contribution < -0.4 is 5.73 Å². The highest BCUT2D eigenvalue weighted by atomic mass is 16.3. The van der Waals surface area contributed by atoms with Crippen LogP contribution in [0.4, 0.5) is 0 Å². The van der Waals surface area contributed by atoms with Gasteiger partial charge in [-0.15, -0.1) is 0 Å². The molecule has 0 aromatic heterocycles. The quantitative estimate of drug-likeness (QED) is 0.886. The Morgan fingerprint density at radius 3 is 2.65 bits per heavy atom. The number of phenols is 1. The first-order valence-electron chi connectivity index (χ1n) is 7.31. The van der Waals surface area contributed by atoms with Gasteiger partial charge in [-0.1, -0.05) is 19.1 Å². The minimum Gasteiger partial charge on any atom is -0.508 e. The average molecular weight is 276 g/mol. The second-order valence-corrected chi connectivity index (χ2v) is 6.00. The molecular formula is C16H24N2O2. The van der Waals surface area contributed by atoms with Crippen LogP contribution in [-0.2, 0) is 11.2 Å². The van der Waals surface area contributed by atoms with E-state index >= 15 is 0 Å². The number of amides is 1. The van der Waals surface area contributed by atoms with Crippen LogP contribution in [-0.4, -0.2) is 34.5 Å². The van der Waals surface area contributed by atoms with Crippen LogP contribution in [0.3, 0.4) is 0 Å². The van der Waals surface area contributed by atoms with E-state index in [4.69, 9.17) is 5.73 Å². The van der Waals surface area contributed by atoms with Gasteiger partial charge < -0.3 is 15.7 Å². The fourth-order valence-corrected chi connectivity index (χ4v) is 2.78. The number of nitrogens with two attached hydrogens (primary N) is 1. The molecule has 1 saturated heterocycles. The van der Waals surface area contributed by atoms with E-state index in [1.807, 2.05) is 17.0 Å². The van der Waals surface area contributed by atoms with E-state index in [0.29, 0.717) is 12.3 Å². The van der Waals surface area contributed by atoms with Crippen molar-refractivity contribution in [2.75, 3.05) is 6.54 Å². The Balaban J connectivity index is 1.99. The normalized spacial score (nSPS) is 24.4. The zero-order valence-electron chi connectivity index (χ0n) is 12.2. The number of aromatic hydroxyl groups is 1. The summed E-state index contributed by atoms with van der Waals surface area (Å²) in [6.07, 6.45) is 2.74. The maximum absolute atomic E-state index is 12.5. The molecule has 4 nitrogen and oxygen atoms in total. The van der Waals surface area contributed by atoms with Gasteiger partial charge in [0.15, 0.2) is 0 Å². The number of piperidine rings is 1. The summed E-state index contributed by atoms with van der Waals surface area (Å²) < 4.78 is 0. The second kappa shape index (κ2) is 6.27. The third-order valence-electron chi connectivity index (χ3n) is 4.11. The first kappa shape index (κ1) is 14.9. The van der Waals surface area contributed by atoms with E-state index in [1.54, 1.807) is 12.1 Å². The molecule has 3 N–H and O–H groups in total. The molecule has 110 valence electrons. The van der Waals surface area contributed by atoms with Gasteiger partial charge in [-0.25, -0.2) is 0 Å². The number of nitrogens with zero attached hydrogens (tertiary/aromatic N) is 1. The molecule has 0 spiro atoms. The maximum Gasteiger partial charge on any atom is 0.240 e. The largest absolute Gasteiger partial charge is 0.508 e. The van der Waals surface area contributed by atoms with Gasteiger partial charge in [0.1, 0.15) is 5.75 Å². The van der Waals surface area contributed by atoms with E-state index in [-0.39, 0.29) is 17.7 Å². The van der Waals surface area contributed by atoms with Crippen LogP contribution in [0, 0.1) is 5.92 Å². The Morgan fingerprint density at radius 2 is 2.00 bits per heavy atom. The number of likely N-dealkylation sites (tertiary alicyclic amines) is 1. The predicted octanol–water partition coefficient (Wildman–Crippen LogP) is 1.91. The summed E-state index contributed by atoms with van der Waals surface area (Å²) in [6, 6.07) is 6.64. The van der Waals surface area contributed by atoms with Gasteiger partial charge in [0, 0.05) is 12.6 Å². The van der Waals surface area contributed by atoms with Crippen LogP contribution in [0.2, 0.25) is 0 Å². The summed E-state index contributed by atoms with van der Waals surface area (Å²) >= 11 is 0. The zero-order chi connectivity index (χ0) is 14.7. The minimum atomic E-state index is -0.507. The van der Waals surface area contributed by atoms with Crippen LogP contribution >= 0.6 is 0 Å². The van der Waals surface area contributed by atoms with Crippen molar-refractivity contribution in [3.63, 3.8) is 0 Å². The predicted molar refractivity (Wildman–Crippen MR) is 79.4 cm³/mol. The molecule has 1 fully saturated rings. The standard InChI is InChI=1S/C16H24N2O2/c1-11-3-4-12(2)18(10-11)16(20)15(17)9-13-5-7-14(19)8-6-13/h5-8,11-12,15,19H,3-4,9-10,17H2,1-2H3/t11?,12?,15-/m1/s1. The average Bonchev–Trinajstić information content (AvgIpc) is 2.43. The molecular weight excluding hydrogens is 252 g/mol. The molecule has 1 heterocycles. The van der Waals surface area contributed by atoms with Crippen LogP contribution in [0.25, 0.3) is 0 Å². The molecule has 2 rings (SSSR count). The van der Waals surface area contributed by atoms with Gasteiger partial charge in [0.05, 0.1) is 6.04 Å². The summed E-state index contributed by atoms with van der Waals surface area (Å²) in [7, 11) is 0. The summed E-state index contributed by atoms with van der Waals surface area (Å²) in [4.78, 5) is 14.4. The lowest BCUT2D eigenvalue weighted by atomic mass is 9.94. The van der Waals surface area contributed by atoms with Crippen molar-refractivity contribution in [2.45, 2.75) is 45.2 Å².